The second-order valence-corrected chi connectivity index (χ2v) is 4.32. The van der Waals surface area contributed by atoms with Crippen LogP contribution in [0.2, 0.25) is 0 Å². The number of esters is 1. The maximum Gasteiger partial charge on any atom is 0.311 e. The molecule has 17 heavy (non-hydrogen) atoms. The van der Waals surface area contributed by atoms with Crippen molar-refractivity contribution >= 4 is 5.97 Å². The first-order valence-electron chi connectivity index (χ1n) is 5.91. The van der Waals surface area contributed by atoms with E-state index in [1.165, 1.54) is 12.1 Å². The maximum absolute atomic E-state index is 13.2. The van der Waals surface area contributed by atoms with E-state index in [9.17, 15) is 9.18 Å². The van der Waals surface area contributed by atoms with Crippen LogP contribution in [0.4, 0.5) is 4.39 Å². The topological polar surface area (TPSA) is 38.3 Å². The molecule has 1 N–H and O–H groups in total. The van der Waals surface area contributed by atoms with Gasteiger partial charge in [0.25, 0.3) is 0 Å². The van der Waals surface area contributed by atoms with Gasteiger partial charge in [0.1, 0.15) is 0 Å². The van der Waals surface area contributed by atoms with Gasteiger partial charge in [0, 0.05) is 6.42 Å². The number of para-hydroxylation sites is 1. The van der Waals surface area contributed by atoms with E-state index in [-0.39, 0.29) is 11.7 Å². The van der Waals surface area contributed by atoms with Gasteiger partial charge in [0.15, 0.2) is 11.6 Å². The lowest BCUT2D eigenvalue weighted by Gasteiger charge is -2.21. The Hall–Kier alpha value is -1.42. The molecule has 1 fully saturated rings. The molecule has 0 aromatic heterocycles. The Morgan fingerprint density at radius 1 is 1.47 bits per heavy atom. The lowest BCUT2D eigenvalue weighted by molar-refractivity contribution is -0.135. The first kappa shape index (κ1) is 12.0. The largest absolute Gasteiger partial charge is 0.423 e. The van der Waals surface area contributed by atoms with Gasteiger partial charge in [-0.15, -0.1) is 0 Å². The molecule has 1 aliphatic rings. The lowest BCUT2D eigenvalue weighted by Crippen LogP contribution is -2.31. The van der Waals surface area contributed by atoms with E-state index in [4.69, 9.17) is 4.74 Å². The van der Waals surface area contributed by atoms with Crippen molar-refractivity contribution in [3.8, 4) is 5.75 Å². The third-order valence-corrected chi connectivity index (χ3v) is 2.91. The Labute approximate surface area is 100.0 Å². The molecule has 0 radical (unpaired) electrons. The molecule has 0 saturated carbocycles. The van der Waals surface area contributed by atoms with Crippen molar-refractivity contribution in [1.82, 2.24) is 5.32 Å². The molecule has 1 saturated heterocycles. The average molecular weight is 237 g/mol. The molecule has 3 nitrogen and oxygen atoms in total. The molecule has 0 spiro atoms. The number of ether oxygens (including phenoxy) is 1. The highest BCUT2D eigenvalue weighted by Crippen LogP contribution is 2.19. The minimum Gasteiger partial charge on any atom is -0.423 e. The summed E-state index contributed by atoms with van der Waals surface area (Å²) in [5, 5.41) is 3.23. The van der Waals surface area contributed by atoms with Crippen molar-refractivity contribution in [3.63, 3.8) is 0 Å². The smallest absolute Gasteiger partial charge is 0.311 e. The number of benzene rings is 1. The molecule has 0 aliphatic carbocycles. The highest BCUT2D eigenvalue weighted by molar-refractivity contribution is 5.72. The fourth-order valence-corrected chi connectivity index (χ4v) is 2.03. The SMILES string of the molecule is O=C(CC1CCCNC1)Oc1ccccc1F. The third-order valence-electron chi connectivity index (χ3n) is 2.91. The summed E-state index contributed by atoms with van der Waals surface area (Å²) in [7, 11) is 0. The molecule has 92 valence electrons. The van der Waals surface area contributed by atoms with Crippen LogP contribution in [0.5, 0.6) is 5.75 Å². The van der Waals surface area contributed by atoms with E-state index in [1.54, 1.807) is 12.1 Å². The molecule has 1 aromatic carbocycles. The molecule has 0 amide bonds. The minimum absolute atomic E-state index is 0.0151. The van der Waals surface area contributed by atoms with E-state index in [0.717, 1.165) is 25.9 Å². The fraction of sp³-hybridized carbons (Fsp3) is 0.462. The number of hydrogen-bond donors (Lipinski definition) is 1. The van der Waals surface area contributed by atoms with Crippen LogP contribution < -0.4 is 10.1 Å². The second kappa shape index (κ2) is 5.77. The van der Waals surface area contributed by atoms with Gasteiger partial charge in [-0.3, -0.25) is 4.79 Å². The molecule has 1 aromatic rings. The summed E-state index contributed by atoms with van der Waals surface area (Å²) in [4.78, 5) is 11.6. The number of halogens is 1. The fourth-order valence-electron chi connectivity index (χ4n) is 2.03. The van der Waals surface area contributed by atoms with Gasteiger partial charge in [0.05, 0.1) is 0 Å². The Morgan fingerprint density at radius 3 is 3.00 bits per heavy atom. The standard InChI is InChI=1S/C13H16FNO2/c14-11-5-1-2-6-12(11)17-13(16)8-10-4-3-7-15-9-10/h1-2,5-6,10,15H,3-4,7-9H2. The Morgan fingerprint density at radius 2 is 2.29 bits per heavy atom. The van der Waals surface area contributed by atoms with Crippen molar-refractivity contribution < 1.29 is 13.9 Å². The molecule has 1 unspecified atom stereocenters. The Balaban J connectivity index is 1.86. The molecule has 1 aliphatic heterocycles. The second-order valence-electron chi connectivity index (χ2n) is 4.32. The van der Waals surface area contributed by atoms with E-state index in [1.807, 2.05) is 0 Å². The highest BCUT2D eigenvalue weighted by atomic mass is 19.1. The van der Waals surface area contributed by atoms with Gasteiger partial charge in [-0.1, -0.05) is 12.1 Å². The Kier molecular flexibility index (Phi) is 4.09. The summed E-state index contributed by atoms with van der Waals surface area (Å²) >= 11 is 0. The van der Waals surface area contributed by atoms with Gasteiger partial charge in [0.2, 0.25) is 0 Å². The summed E-state index contributed by atoms with van der Waals surface area (Å²) in [6.07, 6.45) is 2.46. The Bertz CT molecular complexity index is 389. The van der Waals surface area contributed by atoms with Crippen molar-refractivity contribution in [2.24, 2.45) is 5.92 Å². The summed E-state index contributed by atoms with van der Waals surface area (Å²) in [6.45, 7) is 1.85. The van der Waals surface area contributed by atoms with Crippen molar-refractivity contribution in [2.45, 2.75) is 19.3 Å². The van der Waals surface area contributed by atoms with Crippen LogP contribution in [0.15, 0.2) is 24.3 Å². The van der Waals surface area contributed by atoms with Crippen LogP contribution in [0.3, 0.4) is 0 Å². The predicted molar refractivity (Wildman–Crippen MR) is 62.2 cm³/mol. The van der Waals surface area contributed by atoms with E-state index in [0.29, 0.717) is 12.3 Å². The molecule has 1 heterocycles. The normalized spacial score (nSPS) is 19.9. The third kappa shape index (κ3) is 3.53. The molecule has 4 heteroatoms. The van der Waals surface area contributed by atoms with Crippen molar-refractivity contribution in [3.05, 3.63) is 30.1 Å². The first-order valence-corrected chi connectivity index (χ1v) is 5.91. The van der Waals surface area contributed by atoms with E-state index >= 15 is 0 Å². The zero-order valence-electron chi connectivity index (χ0n) is 9.62. The molecule has 2 rings (SSSR count). The summed E-state index contributed by atoms with van der Waals surface area (Å²) < 4.78 is 18.2. The zero-order valence-corrected chi connectivity index (χ0v) is 9.62. The number of rotatable bonds is 3. The highest BCUT2D eigenvalue weighted by Gasteiger charge is 2.18. The van der Waals surface area contributed by atoms with Gasteiger partial charge < -0.3 is 10.1 Å². The monoisotopic (exact) mass is 237 g/mol. The number of nitrogens with one attached hydrogen (secondary N) is 1. The molecule has 0 bridgehead atoms. The van der Waals surface area contributed by atoms with Crippen LogP contribution >= 0.6 is 0 Å². The first-order chi connectivity index (χ1) is 8.25. The summed E-state index contributed by atoms with van der Waals surface area (Å²) in [5.74, 6) is -0.532. The van der Waals surface area contributed by atoms with Gasteiger partial charge >= 0.3 is 5.97 Å². The number of hydrogen-bond acceptors (Lipinski definition) is 3. The number of carbonyl (C=O) groups excluding carboxylic acids is 1. The minimum atomic E-state index is -0.498. The lowest BCUT2D eigenvalue weighted by atomic mass is 9.96. The average Bonchev–Trinajstić information content (AvgIpc) is 2.33. The molecular weight excluding hydrogens is 221 g/mol. The maximum atomic E-state index is 13.2. The van der Waals surface area contributed by atoms with Crippen LogP contribution in [0, 0.1) is 11.7 Å². The van der Waals surface area contributed by atoms with Gasteiger partial charge in [-0.25, -0.2) is 4.39 Å². The van der Waals surface area contributed by atoms with Crippen LogP contribution in [0.1, 0.15) is 19.3 Å². The van der Waals surface area contributed by atoms with Crippen molar-refractivity contribution in [1.29, 1.82) is 0 Å². The predicted octanol–water partition coefficient (Wildman–Crippen LogP) is 2.12. The van der Waals surface area contributed by atoms with Gasteiger partial charge in [-0.2, -0.15) is 0 Å². The van der Waals surface area contributed by atoms with Crippen LogP contribution in [0.25, 0.3) is 0 Å². The summed E-state index contributed by atoms with van der Waals surface area (Å²) in [5.41, 5.74) is 0. The van der Waals surface area contributed by atoms with E-state index < -0.39 is 5.82 Å². The summed E-state index contributed by atoms with van der Waals surface area (Å²) in [6, 6.07) is 5.96. The zero-order chi connectivity index (χ0) is 12.1. The van der Waals surface area contributed by atoms with Crippen LogP contribution in [-0.4, -0.2) is 19.1 Å². The van der Waals surface area contributed by atoms with E-state index in [2.05, 4.69) is 5.32 Å². The quantitative estimate of drug-likeness (QED) is 0.646. The van der Waals surface area contributed by atoms with Crippen molar-refractivity contribution in [2.75, 3.05) is 13.1 Å². The molecule has 1 atom stereocenters. The van der Waals surface area contributed by atoms with Crippen LogP contribution in [-0.2, 0) is 4.79 Å². The number of carbonyl (C=O) groups is 1. The number of piperidine rings is 1. The molecular formula is C13H16FNO2. The van der Waals surface area contributed by atoms with Gasteiger partial charge in [-0.05, 0) is 44.0 Å².